The fraction of sp³-hybridized carbons (Fsp3) is 0.250. The third-order valence-corrected chi connectivity index (χ3v) is 4.07. The molecule has 1 aliphatic rings. The highest BCUT2D eigenvalue weighted by Gasteiger charge is 2.25. The lowest BCUT2D eigenvalue weighted by Crippen LogP contribution is -2.35. The number of methoxy groups -OCH3 is 1. The number of fused-ring (bicyclic) bond motifs is 1. The van der Waals surface area contributed by atoms with Crippen molar-refractivity contribution in [2.45, 2.75) is 6.10 Å². The average Bonchev–Trinajstić information content (AvgIpc) is 2.53. The summed E-state index contributed by atoms with van der Waals surface area (Å²) in [6.45, 7) is 0.800. The lowest BCUT2D eigenvalue weighted by Gasteiger charge is -2.27. The van der Waals surface area contributed by atoms with Crippen LogP contribution in [0.2, 0.25) is 10.0 Å². The molecule has 116 valence electrons. The van der Waals surface area contributed by atoms with Gasteiger partial charge < -0.3 is 19.9 Å². The first kappa shape index (κ1) is 15.3. The number of rotatable bonds is 3. The van der Waals surface area contributed by atoms with Gasteiger partial charge in [-0.3, -0.25) is 0 Å². The Hall–Kier alpha value is -1.62. The molecule has 1 heterocycles. The molecule has 0 aromatic heterocycles. The minimum atomic E-state index is -0.190. The number of ether oxygens (including phenoxy) is 3. The Balaban J connectivity index is 2.14. The van der Waals surface area contributed by atoms with Gasteiger partial charge in [-0.2, -0.15) is 0 Å². The largest absolute Gasteiger partial charge is 0.497 e. The van der Waals surface area contributed by atoms with Crippen LogP contribution < -0.4 is 19.9 Å². The molecule has 0 amide bonds. The molecule has 0 bridgehead atoms. The van der Waals surface area contributed by atoms with E-state index in [0.29, 0.717) is 46.0 Å². The Morgan fingerprint density at radius 1 is 1.27 bits per heavy atom. The minimum absolute atomic E-state index is 0.190. The lowest BCUT2D eigenvalue weighted by atomic mass is 10.0. The maximum Gasteiger partial charge on any atom is 0.169 e. The predicted molar refractivity (Wildman–Crippen MR) is 87.4 cm³/mol. The van der Waals surface area contributed by atoms with Crippen molar-refractivity contribution < 1.29 is 14.2 Å². The van der Waals surface area contributed by atoms with E-state index in [1.807, 2.05) is 18.2 Å². The summed E-state index contributed by atoms with van der Waals surface area (Å²) < 4.78 is 16.8. The quantitative estimate of drug-likeness (QED) is 0.924. The molecule has 0 saturated carbocycles. The fourth-order valence-corrected chi connectivity index (χ4v) is 3.04. The van der Waals surface area contributed by atoms with Crippen molar-refractivity contribution in [3.8, 4) is 28.4 Å². The smallest absolute Gasteiger partial charge is 0.169 e. The van der Waals surface area contributed by atoms with E-state index in [2.05, 4.69) is 0 Å². The van der Waals surface area contributed by atoms with Gasteiger partial charge in [0.25, 0.3) is 0 Å². The minimum Gasteiger partial charge on any atom is -0.497 e. The molecule has 2 N–H and O–H groups in total. The van der Waals surface area contributed by atoms with Crippen LogP contribution in [0.3, 0.4) is 0 Å². The maximum absolute atomic E-state index is 6.38. The van der Waals surface area contributed by atoms with Crippen molar-refractivity contribution in [3.05, 3.63) is 40.4 Å². The van der Waals surface area contributed by atoms with Crippen LogP contribution in [0.5, 0.6) is 17.2 Å². The van der Waals surface area contributed by atoms with Crippen LogP contribution in [0.25, 0.3) is 11.1 Å². The molecular formula is C16H15Cl2NO3. The number of benzene rings is 2. The van der Waals surface area contributed by atoms with Crippen LogP contribution in [0, 0.1) is 0 Å². The summed E-state index contributed by atoms with van der Waals surface area (Å²) >= 11 is 12.8. The molecule has 0 unspecified atom stereocenters. The van der Waals surface area contributed by atoms with Gasteiger partial charge in [0, 0.05) is 17.7 Å². The molecule has 2 aromatic carbocycles. The standard InChI is InChI=1S/C16H15Cl2NO3/c1-20-9-5-12(17)15(13(18)6-9)11-3-2-4-14-16(11)22-10(7-19)8-21-14/h2-6,10H,7-8,19H2,1H3/t10-/m0/s1. The Labute approximate surface area is 138 Å². The Morgan fingerprint density at radius 2 is 2.00 bits per heavy atom. The molecule has 2 aromatic rings. The van der Waals surface area contributed by atoms with Gasteiger partial charge in [-0.25, -0.2) is 0 Å². The molecule has 0 fully saturated rings. The van der Waals surface area contributed by atoms with E-state index >= 15 is 0 Å². The monoisotopic (exact) mass is 339 g/mol. The molecule has 3 rings (SSSR count). The molecular weight excluding hydrogens is 325 g/mol. The van der Waals surface area contributed by atoms with Crippen molar-refractivity contribution in [2.24, 2.45) is 5.73 Å². The highest BCUT2D eigenvalue weighted by molar-refractivity contribution is 6.39. The van der Waals surface area contributed by atoms with Crippen molar-refractivity contribution in [1.82, 2.24) is 0 Å². The molecule has 22 heavy (non-hydrogen) atoms. The first-order chi connectivity index (χ1) is 10.6. The summed E-state index contributed by atoms with van der Waals surface area (Å²) in [5, 5.41) is 0.965. The number of nitrogens with two attached hydrogens (primary N) is 1. The molecule has 4 nitrogen and oxygen atoms in total. The first-order valence-electron chi connectivity index (χ1n) is 6.80. The second-order valence-corrected chi connectivity index (χ2v) is 5.70. The van der Waals surface area contributed by atoms with Crippen LogP contribution in [0.1, 0.15) is 0 Å². The number of halogens is 2. The third kappa shape index (κ3) is 2.70. The van der Waals surface area contributed by atoms with E-state index in [4.69, 9.17) is 43.1 Å². The Kier molecular flexibility index (Phi) is 4.34. The summed E-state index contributed by atoms with van der Waals surface area (Å²) in [5.41, 5.74) is 7.13. The maximum atomic E-state index is 6.38. The molecule has 1 atom stereocenters. The molecule has 0 radical (unpaired) electrons. The normalized spacial score (nSPS) is 16.5. The highest BCUT2D eigenvalue weighted by Crippen LogP contribution is 2.46. The topological polar surface area (TPSA) is 53.7 Å². The van der Waals surface area contributed by atoms with E-state index in [0.717, 1.165) is 5.56 Å². The van der Waals surface area contributed by atoms with Crippen LogP contribution in [0.4, 0.5) is 0 Å². The van der Waals surface area contributed by atoms with Gasteiger partial charge in [-0.15, -0.1) is 0 Å². The van der Waals surface area contributed by atoms with Gasteiger partial charge in [-0.05, 0) is 18.2 Å². The zero-order chi connectivity index (χ0) is 15.7. The second-order valence-electron chi connectivity index (χ2n) is 4.89. The van der Waals surface area contributed by atoms with E-state index in [-0.39, 0.29) is 6.10 Å². The summed E-state index contributed by atoms with van der Waals surface area (Å²) in [6.07, 6.45) is -0.190. The number of para-hydroxylation sites is 1. The summed E-state index contributed by atoms with van der Waals surface area (Å²) in [4.78, 5) is 0. The highest BCUT2D eigenvalue weighted by atomic mass is 35.5. The van der Waals surface area contributed by atoms with Gasteiger partial charge in [0.1, 0.15) is 18.5 Å². The van der Waals surface area contributed by atoms with Gasteiger partial charge in [0.15, 0.2) is 11.5 Å². The van der Waals surface area contributed by atoms with Crippen LogP contribution in [-0.4, -0.2) is 26.4 Å². The summed E-state index contributed by atoms with van der Waals surface area (Å²) in [7, 11) is 1.56. The summed E-state index contributed by atoms with van der Waals surface area (Å²) in [6, 6.07) is 9.03. The SMILES string of the molecule is COc1cc(Cl)c(-c2cccc3c2O[C@@H](CN)CO3)c(Cl)c1. The second kappa shape index (κ2) is 6.24. The van der Waals surface area contributed by atoms with E-state index in [9.17, 15) is 0 Å². The Bertz CT molecular complexity index is 683. The van der Waals surface area contributed by atoms with Crippen molar-refractivity contribution in [1.29, 1.82) is 0 Å². The fourth-order valence-electron chi connectivity index (χ4n) is 2.37. The number of hydrogen-bond donors (Lipinski definition) is 1. The zero-order valence-electron chi connectivity index (χ0n) is 11.9. The lowest BCUT2D eigenvalue weighted by molar-refractivity contribution is 0.0976. The van der Waals surface area contributed by atoms with Crippen LogP contribution in [-0.2, 0) is 0 Å². The molecule has 6 heteroatoms. The third-order valence-electron chi connectivity index (χ3n) is 3.47. The van der Waals surface area contributed by atoms with Crippen molar-refractivity contribution >= 4 is 23.2 Å². The summed E-state index contributed by atoms with van der Waals surface area (Å²) in [5.74, 6) is 1.86. The van der Waals surface area contributed by atoms with Gasteiger partial charge >= 0.3 is 0 Å². The van der Waals surface area contributed by atoms with Gasteiger partial charge in [-0.1, -0.05) is 35.3 Å². The average molecular weight is 340 g/mol. The van der Waals surface area contributed by atoms with E-state index in [1.54, 1.807) is 19.2 Å². The van der Waals surface area contributed by atoms with E-state index < -0.39 is 0 Å². The molecule has 0 saturated heterocycles. The van der Waals surface area contributed by atoms with E-state index in [1.165, 1.54) is 0 Å². The predicted octanol–water partition coefficient (Wildman–Crippen LogP) is 3.77. The molecule has 1 aliphatic heterocycles. The number of hydrogen-bond acceptors (Lipinski definition) is 4. The molecule has 0 aliphatic carbocycles. The van der Waals surface area contributed by atoms with Crippen molar-refractivity contribution in [2.75, 3.05) is 20.3 Å². The van der Waals surface area contributed by atoms with Gasteiger partial charge in [0.2, 0.25) is 0 Å². The van der Waals surface area contributed by atoms with Crippen molar-refractivity contribution in [3.63, 3.8) is 0 Å². The zero-order valence-corrected chi connectivity index (χ0v) is 13.4. The Morgan fingerprint density at radius 3 is 2.64 bits per heavy atom. The van der Waals surface area contributed by atoms with Crippen LogP contribution in [0.15, 0.2) is 30.3 Å². The molecule has 0 spiro atoms. The van der Waals surface area contributed by atoms with Gasteiger partial charge in [0.05, 0.1) is 17.2 Å². The van der Waals surface area contributed by atoms with Crippen LogP contribution >= 0.6 is 23.2 Å². The first-order valence-corrected chi connectivity index (χ1v) is 7.55.